The standard InChI is InChI=1S/C11H22N2O4/c1-4-6-13(8-10(14)15)11(16)12-5-7-17-9(2)3/h9H,4-8H2,1-3H3,(H,12,16)(H,14,15). The second kappa shape index (κ2) is 8.81. The summed E-state index contributed by atoms with van der Waals surface area (Å²) in [5, 5.41) is 11.3. The third kappa shape index (κ3) is 8.50. The highest BCUT2D eigenvalue weighted by Gasteiger charge is 2.14. The summed E-state index contributed by atoms with van der Waals surface area (Å²) in [4.78, 5) is 23.4. The van der Waals surface area contributed by atoms with E-state index in [4.69, 9.17) is 9.84 Å². The molecule has 6 heteroatoms. The van der Waals surface area contributed by atoms with Gasteiger partial charge in [0.05, 0.1) is 12.7 Å². The van der Waals surface area contributed by atoms with Crippen LogP contribution in [0.3, 0.4) is 0 Å². The summed E-state index contributed by atoms with van der Waals surface area (Å²) >= 11 is 0. The fourth-order valence-electron chi connectivity index (χ4n) is 1.25. The van der Waals surface area contributed by atoms with Gasteiger partial charge in [0.2, 0.25) is 0 Å². The quantitative estimate of drug-likeness (QED) is 0.624. The predicted molar refractivity (Wildman–Crippen MR) is 64.0 cm³/mol. The zero-order chi connectivity index (χ0) is 13.3. The Morgan fingerprint density at radius 1 is 1.41 bits per heavy atom. The molecule has 0 unspecified atom stereocenters. The van der Waals surface area contributed by atoms with E-state index in [2.05, 4.69) is 5.32 Å². The van der Waals surface area contributed by atoms with Crippen molar-refractivity contribution in [2.45, 2.75) is 33.3 Å². The molecule has 2 N–H and O–H groups in total. The maximum absolute atomic E-state index is 11.6. The fraction of sp³-hybridized carbons (Fsp3) is 0.818. The molecule has 0 bridgehead atoms. The molecule has 0 radical (unpaired) electrons. The summed E-state index contributed by atoms with van der Waals surface area (Å²) < 4.78 is 5.26. The lowest BCUT2D eigenvalue weighted by Crippen LogP contribution is -2.44. The number of rotatable bonds is 8. The van der Waals surface area contributed by atoms with Gasteiger partial charge in [0.25, 0.3) is 0 Å². The summed E-state index contributed by atoms with van der Waals surface area (Å²) in [7, 11) is 0. The summed E-state index contributed by atoms with van der Waals surface area (Å²) in [6, 6.07) is -0.360. The van der Waals surface area contributed by atoms with Gasteiger partial charge in [-0.25, -0.2) is 4.79 Å². The Morgan fingerprint density at radius 2 is 2.06 bits per heavy atom. The van der Waals surface area contributed by atoms with Crippen LogP contribution < -0.4 is 5.32 Å². The Balaban J connectivity index is 3.92. The van der Waals surface area contributed by atoms with Gasteiger partial charge in [-0.05, 0) is 20.3 Å². The van der Waals surface area contributed by atoms with Crippen molar-refractivity contribution in [3.8, 4) is 0 Å². The van der Waals surface area contributed by atoms with Crippen molar-refractivity contribution in [1.29, 1.82) is 0 Å². The molecule has 0 aromatic carbocycles. The Morgan fingerprint density at radius 3 is 2.53 bits per heavy atom. The van der Waals surface area contributed by atoms with Crippen LogP contribution in [0.5, 0.6) is 0 Å². The van der Waals surface area contributed by atoms with Crippen molar-refractivity contribution in [3.05, 3.63) is 0 Å². The molecule has 0 saturated carbocycles. The second-order valence-electron chi connectivity index (χ2n) is 3.97. The number of nitrogens with one attached hydrogen (secondary N) is 1. The highest BCUT2D eigenvalue weighted by Crippen LogP contribution is 1.93. The van der Waals surface area contributed by atoms with Crippen molar-refractivity contribution < 1.29 is 19.4 Å². The first-order valence-electron chi connectivity index (χ1n) is 5.83. The molecule has 0 aliphatic carbocycles. The van der Waals surface area contributed by atoms with Crippen molar-refractivity contribution in [1.82, 2.24) is 10.2 Å². The largest absolute Gasteiger partial charge is 0.480 e. The Labute approximate surface area is 102 Å². The number of hydrogen-bond donors (Lipinski definition) is 2. The number of carboxylic acids is 1. The highest BCUT2D eigenvalue weighted by molar-refractivity contribution is 5.80. The molecule has 0 saturated heterocycles. The number of carbonyl (C=O) groups is 2. The van der Waals surface area contributed by atoms with Gasteiger partial charge in [-0.3, -0.25) is 4.79 Å². The van der Waals surface area contributed by atoms with Gasteiger partial charge in [0.15, 0.2) is 0 Å². The van der Waals surface area contributed by atoms with E-state index in [1.54, 1.807) is 0 Å². The van der Waals surface area contributed by atoms with Crippen molar-refractivity contribution in [2.75, 3.05) is 26.2 Å². The lowest BCUT2D eigenvalue weighted by Gasteiger charge is -2.20. The number of nitrogens with zero attached hydrogens (tertiary/aromatic N) is 1. The van der Waals surface area contributed by atoms with E-state index in [1.807, 2.05) is 20.8 Å². The lowest BCUT2D eigenvalue weighted by molar-refractivity contribution is -0.137. The molecule has 100 valence electrons. The van der Waals surface area contributed by atoms with Crippen LogP contribution in [0.15, 0.2) is 0 Å². The average Bonchev–Trinajstić information content (AvgIpc) is 2.22. The molecule has 0 aromatic heterocycles. The van der Waals surface area contributed by atoms with Crippen LogP contribution in [0, 0.1) is 0 Å². The third-order valence-corrected chi connectivity index (χ3v) is 1.94. The molecule has 17 heavy (non-hydrogen) atoms. The minimum Gasteiger partial charge on any atom is -0.480 e. The van der Waals surface area contributed by atoms with Crippen molar-refractivity contribution in [2.24, 2.45) is 0 Å². The van der Waals surface area contributed by atoms with E-state index >= 15 is 0 Å². The van der Waals surface area contributed by atoms with Crippen LogP contribution in [0.2, 0.25) is 0 Å². The Hall–Kier alpha value is -1.30. The lowest BCUT2D eigenvalue weighted by atomic mass is 10.4. The Bertz CT molecular complexity index is 244. The monoisotopic (exact) mass is 246 g/mol. The van der Waals surface area contributed by atoms with Gasteiger partial charge in [-0.15, -0.1) is 0 Å². The molecule has 0 aliphatic heterocycles. The minimum atomic E-state index is -1.01. The number of hydrogen-bond acceptors (Lipinski definition) is 3. The topological polar surface area (TPSA) is 78.9 Å². The Kier molecular flexibility index (Phi) is 8.13. The number of carbonyl (C=O) groups excluding carboxylic acids is 1. The molecule has 0 spiro atoms. The second-order valence-corrected chi connectivity index (χ2v) is 3.97. The molecule has 2 amide bonds. The molecule has 0 fully saturated rings. The van der Waals surface area contributed by atoms with Crippen LogP contribution in [-0.2, 0) is 9.53 Å². The predicted octanol–water partition coefficient (Wildman–Crippen LogP) is 0.918. The van der Waals surface area contributed by atoms with Gasteiger partial charge >= 0.3 is 12.0 Å². The number of ether oxygens (including phenoxy) is 1. The van der Waals surface area contributed by atoms with Gasteiger partial charge in [-0.1, -0.05) is 6.92 Å². The number of urea groups is 1. The first-order valence-corrected chi connectivity index (χ1v) is 5.83. The van der Waals surface area contributed by atoms with Crippen LogP contribution >= 0.6 is 0 Å². The van der Waals surface area contributed by atoms with Crippen molar-refractivity contribution >= 4 is 12.0 Å². The van der Waals surface area contributed by atoms with Gasteiger partial charge in [0, 0.05) is 13.1 Å². The summed E-state index contributed by atoms with van der Waals surface area (Å²) in [6.45, 7) is 6.69. The van der Waals surface area contributed by atoms with Crippen LogP contribution in [0.4, 0.5) is 4.79 Å². The van der Waals surface area contributed by atoms with E-state index in [9.17, 15) is 9.59 Å². The molecular formula is C11H22N2O4. The van der Waals surface area contributed by atoms with Gasteiger partial charge in [-0.2, -0.15) is 0 Å². The minimum absolute atomic E-state index is 0.123. The maximum Gasteiger partial charge on any atom is 0.323 e. The van der Waals surface area contributed by atoms with Gasteiger partial charge in [0.1, 0.15) is 6.54 Å². The molecule has 0 heterocycles. The summed E-state index contributed by atoms with van der Waals surface area (Å²) in [5.74, 6) is -1.01. The van der Waals surface area contributed by atoms with E-state index in [-0.39, 0.29) is 18.7 Å². The first-order chi connectivity index (χ1) is 7.97. The fourth-order valence-corrected chi connectivity index (χ4v) is 1.25. The normalized spacial score (nSPS) is 10.4. The number of carboxylic acid groups (broad SMARTS) is 1. The van der Waals surface area contributed by atoms with E-state index in [0.29, 0.717) is 19.7 Å². The third-order valence-electron chi connectivity index (χ3n) is 1.94. The molecule has 0 aromatic rings. The zero-order valence-corrected chi connectivity index (χ0v) is 10.7. The van der Waals surface area contributed by atoms with Crippen LogP contribution in [-0.4, -0.2) is 54.4 Å². The molecular weight excluding hydrogens is 224 g/mol. The van der Waals surface area contributed by atoms with E-state index in [0.717, 1.165) is 6.42 Å². The van der Waals surface area contributed by atoms with E-state index in [1.165, 1.54) is 4.90 Å². The first kappa shape index (κ1) is 15.7. The highest BCUT2D eigenvalue weighted by atomic mass is 16.5. The number of aliphatic carboxylic acids is 1. The summed E-state index contributed by atoms with van der Waals surface area (Å²) in [6.07, 6.45) is 0.848. The molecule has 0 rings (SSSR count). The molecule has 0 aliphatic rings. The molecule has 0 atom stereocenters. The summed E-state index contributed by atoms with van der Waals surface area (Å²) in [5.41, 5.74) is 0. The SMILES string of the molecule is CCCN(CC(=O)O)C(=O)NCCOC(C)C. The van der Waals surface area contributed by atoms with Gasteiger partial charge < -0.3 is 20.1 Å². The van der Waals surface area contributed by atoms with E-state index < -0.39 is 5.97 Å². The smallest absolute Gasteiger partial charge is 0.323 e. The van der Waals surface area contributed by atoms with Crippen molar-refractivity contribution in [3.63, 3.8) is 0 Å². The van der Waals surface area contributed by atoms with Crippen LogP contribution in [0.25, 0.3) is 0 Å². The average molecular weight is 246 g/mol. The van der Waals surface area contributed by atoms with Crippen LogP contribution in [0.1, 0.15) is 27.2 Å². The number of amides is 2. The zero-order valence-electron chi connectivity index (χ0n) is 10.7. The molecule has 6 nitrogen and oxygen atoms in total. The maximum atomic E-state index is 11.6.